The predicted octanol–water partition coefficient (Wildman–Crippen LogP) is 3.83. The average Bonchev–Trinajstić information content (AvgIpc) is 3.19. The maximum absolute atomic E-state index is 12.4. The molecule has 0 bridgehead atoms. The van der Waals surface area contributed by atoms with Crippen molar-refractivity contribution in [3.05, 3.63) is 55.9 Å². The molecule has 1 saturated heterocycles. The molecule has 1 N–H and O–H groups in total. The third kappa shape index (κ3) is 3.02. The quantitative estimate of drug-likeness (QED) is 0.703. The van der Waals surface area contributed by atoms with Crippen molar-refractivity contribution in [1.29, 1.82) is 0 Å². The van der Waals surface area contributed by atoms with E-state index < -0.39 is 0 Å². The van der Waals surface area contributed by atoms with Crippen LogP contribution in [0.15, 0.2) is 39.6 Å². The van der Waals surface area contributed by atoms with Gasteiger partial charge in [-0.2, -0.15) is 0 Å². The minimum absolute atomic E-state index is 0.0514. The van der Waals surface area contributed by atoms with Crippen LogP contribution in [0.4, 0.5) is 5.69 Å². The second kappa shape index (κ2) is 6.38. The van der Waals surface area contributed by atoms with Gasteiger partial charge >= 0.3 is 0 Å². The number of aromatic nitrogens is 2. The van der Waals surface area contributed by atoms with E-state index in [0.29, 0.717) is 24.2 Å². The molecule has 1 atom stereocenters. The van der Waals surface area contributed by atoms with Crippen molar-refractivity contribution in [3.8, 4) is 0 Å². The number of nitrogens with one attached hydrogen (secondary N) is 1. The number of carbonyl (C=O) groups is 1. The molecule has 25 heavy (non-hydrogen) atoms. The Hall–Kier alpha value is -1.99. The van der Waals surface area contributed by atoms with E-state index in [9.17, 15) is 9.59 Å². The van der Waals surface area contributed by atoms with Crippen LogP contribution in [0.1, 0.15) is 30.0 Å². The van der Waals surface area contributed by atoms with Gasteiger partial charge in [0, 0.05) is 33.9 Å². The molecule has 1 amide bonds. The van der Waals surface area contributed by atoms with Crippen LogP contribution < -0.4 is 10.5 Å². The van der Waals surface area contributed by atoms with Crippen LogP contribution in [0.25, 0.3) is 10.2 Å². The first-order valence-electron chi connectivity index (χ1n) is 8.13. The van der Waals surface area contributed by atoms with Crippen LogP contribution in [0.5, 0.6) is 0 Å². The Morgan fingerprint density at radius 2 is 2.08 bits per heavy atom. The predicted molar refractivity (Wildman–Crippen MR) is 103 cm³/mol. The molecular weight excluding hydrogens is 402 g/mol. The Balaban J connectivity index is 1.66. The summed E-state index contributed by atoms with van der Waals surface area (Å²) < 4.78 is 0.973. The number of halogens is 1. The first kappa shape index (κ1) is 16.5. The lowest BCUT2D eigenvalue weighted by Gasteiger charge is -2.16. The maximum Gasteiger partial charge on any atom is 0.259 e. The Morgan fingerprint density at radius 3 is 2.80 bits per heavy atom. The van der Waals surface area contributed by atoms with Crippen molar-refractivity contribution >= 4 is 49.1 Å². The SMILES string of the molecule is CCc1cc2c(=O)[nH]c([C@H]3CC(=O)N(c4ccc(Br)cc4)C3)nc2s1. The van der Waals surface area contributed by atoms with Crippen molar-refractivity contribution in [1.82, 2.24) is 9.97 Å². The average molecular weight is 418 g/mol. The molecule has 0 radical (unpaired) electrons. The largest absolute Gasteiger partial charge is 0.312 e. The van der Waals surface area contributed by atoms with Gasteiger partial charge in [-0.3, -0.25) is 9.59 Å². The van der Waals surface area contributed by atoms with Crippen molar-refractivity contribution < 1.29 is 4.79 Å². The van der Waals surface area contributed by atoms with Crippen molar-refractivity contribution in [2.75, 3.05) is 11.4 Å². The van der Waals surface area contributed by atoms with Crippen LogP contribution >= 0.6 is 27.3 Å². The lowest BCUT2D eigenvalue weighted by Crippen LogP contribution is -2.24. The number of anilines is 1. The van der Waals surface area contributed by atoms with E-state index in [2.05, 4.69) is 32.8 Å². The summed E-state index contributed by atoms with van der Waals surface area (Å²) in [6.07, 6.45) is 1.24. The minimum Gasteiger partial charge on any atom is -0.312 e. The normalized spacial score (nSPS) is 17.6. The number of hydrogen-bond donors (Lipinski definition) is 1. The molecule has 2 aromatic heterocycles. The summed E-state index contributed by atoms with van der Waals surface area (Å²) in [5, 5.41) is 0.639. The second-order valence-corrected chi connectivity index (χ2v) is 8.15. The van der Waals surface area contributed by atoms with Gasteiger partial charge in [-0.05, 0) is 36.8 Å². The smallest absolute Gasteiger partial charge is 0.259 e. The first-order chi connectivity index (χ1) is 12.0. The Bertz CT molecular complexity index is 1010. The first-order valence-corrected chi connectivity index (χ1v) is 9.74. The van der Waals surface area contributed by atoms with Crippen LogP contribution in [0, 0.1) is 0 Å². The molecular formula is C18H16BrN3O2S. The van der Waals surface area contributed by atoms with Gasteiger partial charge in [-0.15, -0.1) is 11.3 Å². The van der Waals surface area contributed by atoms with Crippen molar-refractivity contribution in [2.24, 2.45) is 0 Å². The number of thiophene rings is 1. The summed E-state index contributed by atoms with van der Waals surface area (Å²) >= 11 is 4.95. The molecule has 0 spiro atoms. The highest BCUT2D eigenvalue weighted by Crippen LogP contribution is 2.31. The van der Waals surface area contributed by atoms with E-state index in [-0.39, 0.29) is 17.4 Å². The molecule has 0 unspecified atom stereocenters. The van der Waals surface area contributed by atoms with Crippen molar-refractivity contribution in [3.63, 3.8) is 0 Å². The summed E-state index contributed by atoms with van der Waals surface area (Å²) in [5.74, 6) is 0.561. The molecule has 4 rings (SSSR count). The van der Waals surface area contributed by atoms with E-state index in [1.165, 1.54) is 0 Å². The van der Waals surface area contributed by atoms with E-state index in [1.54, 1.807) is 16.2 Å². The number of H-pyrrole nitrogens is 1. The molecule has 128 valence electrons. The zero-order valence-corrected chi connectivity index (χ0v) is 16.0. The summed E-state index contributed by atoms with van der Waals surface area (Å²) in [6, 6.07) is 9.57. The van der Waals surface area contributed by atoms with Crippen LogP contribution in [0.3, 0.4) is 0 Å². The number of amides is 1. The molecule has 1 aliphatic rings. The number of rotatable bonds is 3. The number of benzene rings is 1. The topological polar surface area (TPSA) is 66.1 Å². The molecule has 5 nitrogen and oxygen atoms in total. The van der Waals surface area contributed by atoms with Gasteiger partial charge in [0.15, 0.2) is 0 Å². The zero-order chi connectivity index (χ0) is 17.6. The van der Waals surface area contributed by atoms with Gasteiger partial charge in [-0.1, -0.05) is 22.9 Å². The van der Waals surface area contributed by atoms with Gasteiger partial charge < -0.3 is 9.88 Å². The Kier molecular flexibility index (Phi) is 4.21. The third-order valence-corrected chi connectivity index (χ3v) is 6.17. The van der Waals surface area contributed by atoms with Gasteiger partial charge in [0.1, 0.15) is 10.7 Å². The van der Waals surface area contributed by atoms with E-state index >= 15 is 0 Å². The fraction of sp³-hybridized carbons (Fsp3) is 0.278. The van der Waals surface area contributed by atoms with E-state index in [0.717, 1.165) is 26.3 Å². The molecule has 7 heteroatoms. The van der Waals surface area contributed by atoms with Crippen LogP contribution in [-0.4, -0.2) is 22.4 Å². The molecule has 3 heterocycles. The highest BCUT2D eigenvalue weighted by Gasteiger charge is 2.33. The molecule has 0 aliphatic carbocycles. The van der Waals surface area contributed by atoms with Gasteiger partial charge in [0.25, 0.3) is 5.56 Å². The lowest BCUT2D eigenvalue weighted by atomic mass is 10.1. The summed E-state index contributed by atoms with van der Waals surface area (Å²) in [6.45, 7) is 2.59. The Labute approximate surface area is 156 Å². The van der Waals surface area contributed by atoms with Gasteiger partial charge in [-0.25, -0.2) is 4.98 Å². The molecule has 1 aromatic carbocycles. The fourth-order valence-electron chi connectivity index (χ4n) is 3.13. The minimum atomic E-state index is -0.120. The zero-order valence-electron chi connectivity index (χ0n) is 13.6. The molecule has 0 saturated carbocycles. The van der Waals surface area contributed by atoms with Crippen LogP contribution in [-0.2, 0) is 11.2 Å². The lowest BCUT2D eigenvalue weighted by molar-refractivity contribution is -0.117. The monoisotopic (exact) mass is 417 g/mol. The summed E-state index contributed by atoms with van der Waals surface area (Å²) in [4.78, 5) is 36.0. The van der Waals surface area contributed by atoms with Crippen molar-refractivity contribution in [2.45, 2.75) is 25.7 Å². The summed E-state index contributed by atoms with van der Waals surface area (Å²) in [7, 11) is 0. The van der Waals surface area contributed by atoms with Crippen LogP contribution in [0.2, 0.25) is 0 Å². The molecule has 1 fully saturated rings. The van der Waals surface area contributed by atoms with E-state index in [4.69, 9.17) is 0 Å². The third-order valence-electron chi connectivity index (χ3n) is 4.47. The standard InChI is InChI=1S/C18H16BrN3O2S/c1-2-13-8-14-17(24)20-16(21-18(14)25-13)10-7-15(23)22(9-10)12-5-3-11(19)4-6-12/h3-6,8,10H,2,7,9H2,1H3,(H,20,21,24)/t10-/m0/s1. The number of aromatic amines is 1. The maximum atomic E-state index is 12.4. The van der Waals surface area contributed by atoms with Gasteiger partial charge in [0.2, 0.25) is 5.91 Å². The summed E-state index contributed by atoms with van der Waals surface area (Å²) in [5.41, 5.74) is 0.744. The number of nitrogens with zero attached hydrogens (tertiary/aromatic N) is 2. The highest BCUT2D eigenvalue weighted by atomic mass is 79.9. The number of aryl methyl sites for hydroxylation is 1. The molecule has 1 aliphatic heterocycles. The Morgan fingerprint density at radius 1 is 1.32 bits per heavy atom. The fourth-order valence-corrected chi connectivity index (χ4v) is 4.37. The number of hydrogen-bond acceptors (Lipinski definition) is 4. The van der Waals surface area contributed by atoms with E-state index in [1.807, 2.05) is 30.3 Å². The number of carbonyl (C=O) groups excluding carboxylic acids is 1. The molecule has 3 aromatic rings. The number of fused-ring (bicyclic) bond motifs is 1. The highest BCUT2D eigenvalue weighted by molar-refractivity contribution is 9.10. The van der Waals surface area contributed by atoms with Gasteiger partial charge in [0.05, 0.1) is 5.39 Å². The second-order valence-electron chi connectivity index (χ2n) is 6.12.